The number of carboxylic acid groups (broad SMARTS) is 1. The van der Waals surface area contributed by atoms with Crippen molar-refractivity contribution in [3.05, 3.63) is 35.9 Å². The van der Waals surface area contributed by atoms with Gasteiger partial charge in [0.05, 0.1) is 5.41 Å². The van der Waals surface area contributed by atoms with Gasteiger partial charge in [0.1, 0.15) is 5.78 Å². The zero-order valence-corrected chi connectivity index (χ0v) is 11.1. The zero-order valence-electron chi connectivity index (χ0n) is 11.1. The number of hydrogen-bond acceptors (Lipinski definition) is 2. The van der Waals surface area contributed by atoms with Crippen LogP contribution in [0.1, 0.15) is 31.7 Å². The Labute approximate surface area is 113 Å². The van der Waals surface area contributed by atoms with E-state index in [4.69, 9.17) is 5.11 Å². The van der Waals surface area contributed by atoms with Crippen LogP contribution in [0, 0.1) is 0 Å². The summed E-state index contributed by atoms with van der Waals surface area (Å²) in [5.41, 5.74) is 0.522. The van der Waals surface area contributed by atoms with E-state index in [1.54, 1.807) is 0 Å². The van der Waals surface area contributed by atoms with Crippen LogP contribution < -0.4 is 0 Å². The molecule has 4 heteroatoms. The van der Waals surface area contributed by atoms with Gasteiger partial charge in [-0.05, 0) is 18.4 Å². The lowest BCUT2D eigenvalue weighted by Gasteiger charge is -2.40. The molecule has 102 valence electrons. The van der Waals surface area contributed by atoms with Gasteiger partial charge in [0, 0.05) is 19.5 Å². The van der Waals surface area contributed by atoms with Gasteiger partial charge in [-0.3, -0.25) is 4.79 Å². The molecule has 0 bridgehead atoms. The van der Waals surface area contributed by atoms with Gasteiger partial charge < -0.3 is 10.0 Å². The minimum absolute atomic E-state index is 0.212. The fourth-order valence-electron chi connectivity index (χ4n) is 2.90. The Morgan fingerprint density at radius 3 is 2.26 bits per heavy atom. The summed E-state index contributed by atoms with van der Waals surface area (Å²) in [4.78, 5) is 24.8. The van der Waals surface area contributed by atoms with E-state index < -0.39 is 11.5 Å². The van der Waals surface area contributed by atoms with Crippen molar-refractivity contribution in [2.24, 2.45) is 0 Å². The Balaban J connectivity index is 2.29. The van der Waals surface area contributed by atoms with Crippen LogP contribution >= 0.6 is 0 Å². The predicted octanol–water partition coefficient (Wildman–Crippen LogP) is 2.68. The first-order valence-electron chi connectivity index (χ1n) is 6.67. The number of Topliss-reactive ketones (excluding diaryl/α,β-unsaturated/α-hetero) is 1. The number of hydrogen-bond donors (Lipinski definition) is 1. The maximum atomic E-state index is 12.4. The summed E-state index contributed by atoms with van der Waals surface area (Å²) in [5, 5.41) is 9.02. The summed E-state index contributed by atoms with van der Waals surface area (Å²) < 4.78 is 0. The van der Waals surface area contributed by atoms with E-state index in [-0.39, 0.29) is 5.78 Å². The fourth-order valence-corrected chi connectivity index (χ4v) is 2.90. The Morgan fingerprint density at radius 1 is 1.21 bits per heavy atom. The molecule has 1 fully saturated rings. The van der Waals surface area contributed by atoms with E-state index in [2.05, 4.69) is 0 Å². The van der Waals surface area contributed by atoms with Gasteiger partial charge in [-0.25, -0.2) is 4.79 Å². The molecule has 4 nitrogen and oxygen atoms in total. The fraction of sp³-hybridized carbons (Fsp3) is 0.467. The van der Waals surface area contributed by atoms with Crippen molar-refractivity contribution in [2.75, 3.05) is 13.1 Å². The van der Waals surface area contributed by atoms with Crippen molar-refractivity contribution in [3.8, 4) is 0 Å². The number of carbonyl (C=O) groups excluding carboxylic acids is 1. The zero-order chi connectivity index (χ0) is 13.9. The molecule has 1 amide bonds. The van der Waals surface area contributed by atoms with Gasteiger partial charge in [-0.15, -0.1) is 0 Å². The number of ketones is 1. The molecule has 2 rings (SSSR count). The van der Waals surface area contributed by atoms with Crippen molar-refractivity contribution in [2.45, 2.75) is 31.6 Å². The topological polar surface area (TPSA) is 57.6 Å². The third-order valence-electron chi connectivity index (χ3n) is 4.07. The normalized spacial score (nSPS) is 18.1. The molecule has 1 aromatic rings. The molecule has 1 aromatic carbocycles. The molecule has 1 saturated heterocycles. The number of likely N-dealkylation sites (tertiary alicyclic amines) is 1. The van der Waals surface area contributed by atoms with E-state index in [0.717, 1.165) is 5.56 Å². The largest absolute Gasteiger partial charge is 0.465 e. The molecule has 1 aliphatic rings. The summed E-state index contributed by atoms with van der Waals surface area (Å²) in [6.45, 7) is 2.72. The molecule has 0 radical (unpaired) electrons. The number of nitrogens with zero attached hydrogens (tertiary/aromatic N) is 1. The van der Waals surface area contributed by atoms with Crippen LogP contribution in [0.15, 0.2) is 30.3 Å². The second-order valence-electron chi connectivity index (χ2n) is 4.99. The Morgan fingerprint density at radius 2 is 1.79 bits per heavy atom. The Hall–Kier alpha value is -1.84. The molecule has 0 aliphatic carbocycles. The molecular formula is C15H19NO3. The minimum Gasteiger partial charge on any atom is -0.465 e. The van der Waals surface area contributed by atoms with Gasteiger partial charge in [-0.2, -0.15) is 0 Å². The van der Waals surface area contributed by atoms with Crippen molar-refractivity contribution in [1.29, 1.82) is 0 Å². The smallest absolute Gasteiger partial charge is 0.407 e. The maximum absolute atomic E-state index is 12.4. The van der Waals surface area contributed by atoms with E-state index >= 15 is 0 Å². The first-order chi connectivity index (χ1) is 9.10. The van der Waals surface area contributed by atoms with Crippen LogP contribution in [-0.4, -0.2) is 35.0 Å². The third-order valence-corrected chi connectivity index (χ3v) is 4.07. The molecule has 0 saturated carbocycles. The highest BCUT2D eigenvalue weighted by molar-refractivity contribution is 5.90. The standard InChI is InChI=1S/C15H19NO3/c1-2-13(17)15(12-6-4-3-5-7-12)8-10-16(11-9-15)14(18)19/h3-7H,2,8-11H2,1H3,(H,18,19). The summed E-state index contributed by atoms with van der Waals surface area (Å²) in [6, 6.07) is 9.75. The Kier molecular flexibility index (Phi) is 3.88. The van der Waals surface area contributed by atoms with Crippen molar-refractivity contribution >= 4 is 11.9 Å². The number of piperidine rings is 1. The molecule has 0 aromatic heterocycles. The van der Waals surface area contributed by atoms with Gasteiger partial charge in [0.15, 0.2) is 0 Å². The van der Waals surface area contributed by atoms with Gasteiger partial charge in [0.2, 0.25) is 0 Å². The molecule has 1 aliphatic heterocycles. The van der Waals surface area contributed by atoms with Gasteiger partial charge in [-0.1, -0.05) is 37.3 Å². The SMILES string of the molecule is CCC(=O)C1(c2ccccc2)CCN(C(=O)O)CC1. The van der Waals surface area contributed by atoms with Crippen LogP contribution in [0.25, 0.3) is 0 Å². The molecule has 0 spiro atoms. The van der Waals surface area contributed by atoms with Crippen LogP contribution in [0.5, 0.6) is 0 Å². The molecule has 0 atom stereocenters. The number of amides is 1. The quantitative estimate of drug-likeness (QED) is 0.910. The lowest BCUT2D eigenvalue weighted by atomic mass is 9.69. The summed E-state index contributed by atoms with van der Waals surface area (Å²) in [5.74, 6) is 0.212. The molecule has 1 N–H and O–H groups in total. The second kappa shape index (κ2) is 5.43. The van der Waals surface area contributed by atoms with Crippen LogP contribution in [0.3, 0.4) is 0 Å². The number of rotatable bonds is 3. The van der Waals surface area contributed by atoms with Gasteiger partial charge >= 0.3 is 6.09 Å². The predicted molar refractivity (Wildman–Crippen MR) is 72.2 cm³/mol. The van der Waals surface area contributed by atoms with Gasteiger partial charge in [0.25, 0.3) is 0 Å². The highest BCUT2D eigenvalue weighted by atomic mass is 16.4. The van der Waals surface area contributed by atoms with Crippen LogP contribution in [0.4, 0.5) is 4.79 Å². The first kappa shape index (κ1) is 13.6. The monoisotopic (exact) mass is 261 g/mol. The van der Waals surface area contributed by atoms with E-state index in [1.165, 1.54) is 4.90 Å². The van der Waals surface area contributed by atoms with E-state index in [1.807, 2.05) is 37.3 Å². The third kappa shape index (κ3) is 2.48. The van der Waals surface area contributed by atoms with Crippen molar-refractivity contribution < 1.29 is 14.7 Å². The molecule has 1 heterocycles. The highest BCUT2D eigenvalue weighted by Gasteiger charge is 2.42. The number of carbonyl (C=O) groups is 2. The van der Waals surface area contributed by atoms with Crippen molar-refractivity contribution in [3.63, 3.8) is 0 Å². The summed E-state index contributed by atoms with van der Waals surface area (Å²) in [7, 11) is 0. The lowest BCUT2D eigenvalue weighted by Crippen LogP contribution is -2.48. The van der Waals surface area contributed by atoms with Crippen molar-refractivity contribution in [1.82, 2.24) is 4.90 Å². The average molecular weight is 261 g/mol. The average Bonchev–Trinajstić information content (AvgIpc) is 2.47. The number of benzene rings is 1. The Bertz CT molecular complexity index is 462. The minimum atomic E-state index is -0.898. The summed E-state index contributed by atoms with van der Waals surface area (Å²) >= 11 is 0. The highest BCUT2D eigenvalue weighted by Crippen LogP contribution is 2.37. The van der Waals surface area contributed by atoms with E-state index in [9.17, 15) is 9.59 Å². The second-order valence-corrected chi connectivity index (χ2v) is 4.99. The van der Waals surface area contributed by atoms with Crippen LogP contribution in [0.2, 0.25) is 0 Å². The maximum Gasteiger partial charge on any atom is 0.407 e. The van der Waals surface area contributed by atoms with E-state index in [0.29, 0.717) is 32.4 Å². The molecule has 19 heavy (non-hydrogen) atoms. The molecule has 0 unspecified atom stereocenters. The lowest BCUT2D eigenvalue weighted by molar-refractivity contribution is -0.126. The first-order valence-corrected chi connectivity index (χ1v) is 6.67. The summed E-state index contributed by atoms with van der Waals surface area (Å²) in [6.07, 6.45) is 0.749. The van der Waals surface area contributed by atoms with Crippen LogP contribution in [-0.2, 0) is 10.2 Å². The molecular weight excluding hydrogens is 242 g/mol.